The van der Waals surface area contributed by atoms with Crippen LogP contribution in [-0.4, -0.2) is 31.1 Å². The van der Waals surface area contributed by atoms with E-state index in [4.69, 9.17) is 4.74 Å². The fourth-order valence-electron chi connectivity index (χ4n) is 3.61. The number of hydrogen-bond acceptors (Lipinski definition) is 2. The summed E-state index contributed by atoms with van der Waals surface area (Å²) in [5.41, 5.74) is 5.10. The van der Waals surface area contributed by atoms with Gasteiger partial charge < -0.3 is 9.64 Å². The van der Waals surface area contributed by atoms with Crippen LogP contribution in [0.15, 0.2) is 48.5 Å². The van der Waals surface area contributed by atoms with E-state index in [1.807, 2.05) is 0 Å². The number of likely N-dealkylation sites (tertiary alicyclic amines) is 1. The topological polar surface area (TPSA) is 12.5 Å². The molecule has 2 aromatic carbocycles. The molecule has 0 atom stereocenters. The van der Waals surface area contributed by atoms with E-state index in [1.165, 1.54) is 22.3 Å². The zero-order chi connectivity index (χ0) is 15.6. The Morgan fingerprint density at radius 2 is 1.35 bits per heavy atom. The average molecular weight is 305 g/mol. The van der Waals surface area contributed by atoms with Gasteiger partial charge in [-0.3, -0.25) is 0 Å². The van der Waals surface area contributed by atoms with Crippen molar-refractivity contribution in [3.8, 4) is 0 Å². The maximum atomic E-state index is 6.65. The third-order valence-corrected chi connectivity index (χ3v) is 4.99. The lowest BCUT2D eigenvalue weighted by Gasteiger charge is -2.32. The molecule has 4 rings (SSSR count). The molecule has 0 unspecified atom stereocenters. The second kappa shape index (κ2) is 6.31. The molecule has 2 aromatic rings. The van der Waals surface area contributed by atoms with Gasteiger partial charge >= 0.3 is 0 Å². The lowest BCUT2D eigenvalue weighted by atomic mass is 9.96. The van der Waals surface area contributed by atoms with Gasteiger partial charge in [-0.15, -0.1) is 0 Å². The minimum Gasteiger partial charge on any atom is -0.365 e. The summed E-state index contributed by atoms with van der Waals surface area (Å²) in [5, 5.41) is 0. The van der Waals surface area contributed by atoms with Crippen LogP contribution < -0.4 is 0 Å². The summed E-state index contributed by atoms with van der Waals surface area (Å²) in [4.78, 5) is 2.39. The van der Waals surface area contributed by atoms with Gasteiger partial charge in [-0.2, -0.15) is 0 Å². The first kappa shape index (κ1) is 14.7. The van der Waals surface area contributed by atoms with Gasteiger partial charge in [-0.25, -0.2) is 0 Å². The van der Waals surface area contributed by atoms with Crippen molar-refractivity contribution in [2.24, 2.45) is 0 Å². The SMILES string of the molecule is CN1CCC(OC2c3ccccc3C=Cc3ccccc32)CC1. The van der Waals surface area contributed by atoms with Crippen molar-refractivity contribution in [2.75, 3.05) is 20.1 Å². The molecule has 0 amide bonds. The van der Waals surface area contributed by atoms with Gasteiger partial charge in [0, 0.05) is 13.1 Å². The summed E-state index contributed by atoms with van der Waals surface area (Å²) >= 11 is 0. The number of hydrogen-bond donors (Lipinski definition) is 0. The third kappa shape index (κ3) is 2.97. The highest BCUT2D eigenvalue weighted by Gasteiger charge is 2.26. The van der Waals surface area contributed by atoms with Crippen LogP contribution in [0.2, 0.25) is 0 Å². The highest BCUT2D eigenvalue weighted by atomic mass is 16.5. The van der Waals surface area contributed by atoms with Crippen LogP contribution in [0.25, 0.3) is 12.2 Å². The summed E-state index contributed by atoms with van der Waals surface area (Å²) in [7, 11) is 2.19. The fraction of sp³-hybridized carbons (Fsp3) is 0.333. The van der Waals surface area contributed by atoms with E-state index >= 15 is 0 Å². The Hall–Kier alpha value is -1.90. The molecule has 0 spiro atoms. The highest BCUT2D eigenvalue weighted by Crippen LogP contribution is 2.37. The summed E-state index contributed by atoms with van der Waals surface area (Å²) in [6.07, 6.45) is 7.04. The second-order valence-corrected chi connectivity index (χ2v) is 6.61. The standard InChI is InChI=1S/C21H23NO/c1-22-14-12-18(13-15-22)23-21-19-8-4-2-6-16(19)10-11-17-7-3-5-9-20(17)21/h2-11,18,21H,12-15H2,1H3. The van der Waals surface area contributed by atoms with E-state index in [0.29, 0.717) is 6.10 Å². The molecule has 23 heavy (non-hydrogen) atoms. The molecule has 118 valence electrons. The van der Waals surface area contributed by atoms with E-state index in [2.05, 4.69) is 72.6 Å². The predicted octanol–water partition coefficient (Wildman–Crippen LogP) is 4.37. The molecule has 1 aliphatic carbocycles. The molecule has 1 saturated heterocycles. The Kier molecular flexibility index (Phi) is 4.02. The Morgan fingerprint density at radius 1 is 0.826 bits per heavy atom. The summed E-state index contributed by atoms with van der Waals surface area (Å²) in [6, 6.07) is 17.2. The molecule has 2 aliphatic rings. The van der Waals surface area contributed by atoms with E-state index in [9.17, 15) is 0 Å². The Bertz CT molecular complexity index is 664. The van der Waals surface area contributed by atoms with Crippen LogP contribution in [0, 0.1) is 0 Å². The van der Waals surface area contributed by atoms with Gasteiger partial charge in [0.1, 0.15) is 6.10 Å². The smallest absolute Gasteiger partial charge is 0.109 e. The van der Waals surface area contributed by atoms with Crippen LogP contribution in [0.4, 0.5) is 0 Å². The van der Waals surface area contributed by atoms with Crippen LogP contribution in [0.5, 0.6) is 0 Å². The van der Waals surface area contributed by atoms with Crippen molar-refractivity contribution >= 4 is 12.2 Å². The summed E-state index contributed by atoms with van der Waals surface area (Å²) in [5.74, 6) is 0. The Morgan fingerprint density at radius 3 is 1.91 bits per heavy atom. The zero-order valence-corrected chi connectivity index (χ0v) is 13.6. The Labute approximate surface area is 138 Å². The molecule has 1 aliphatic heterocycles. The molecule has 2 nitrogen and oxygen atoms in total. The van der Waals surface area contributed by atoms with Crippen molar-refractivity contribution in [1.29, 1.82) is 0 Å². The average Bonchev–Trinajstić information content (AvgIpc) is 2.75. The summed E-state index contributed by atoms with van der Waals surface area (Å²) < 4.78 is 6.65. The molecule has 1 heterocycles. The van der Waals surface area contributed by atoms with Gasteiger partial charge in [-0.1, -0.05) is 60.7 Å². The first-order valence-electron chi connectivity index (χ1n) is 8.51. The first-order chi connectivity index (χ1) is 11.3. The lowest BCUT2D eigenvalue weighted by molar-refractivity contribution is -0.0235. The third-order valence-electron chi connectivity index (χ3n) is 4.99. The van der Waals surface area contributed by atoms with Crippen molar-refractivity contribution in [1.82, 2.24) is 4.90 Å². The quantitative estimate of drug-likeness (QED) is 0.817. The largest absolute Gasteiger partial charge is 0.365 e. The maximum absolute atomic E-state index is 6.65. The van der Waals surface area contributed by atoms with Gasteiger partial charge in [0.15, 0.2) is 0 Å². The minimum absolute atomic E-state index is 0.0332. The van der Waals surface area contributed by atoms with E-state index in [-0.39, 0.29) is 6.10 Å². The van der Waals surface area contributed by atoms with Crippen molar-refractivity contribution in [3.05, 3.63) is 70.8 Å². The Balaban J connectivity index is 1.71. The van der Waals surface area contributed by atoms with Gasteiger partial charge in [0.2, 0.25) is 0 Å². The monoisotopic (exact) mass is 305 g/mol. The van der Waals surface area contributed by atoms with E-state index in [1.54, 1.807) is 0 Å². The molecule has 0 bridgehead atoms. The van der Waals surface area contributed by atoms with Crippen molar-refractivity contribution in [3.63, 3.8) is 0 Å². The normalized spacial score (nSPS) is 19.2. The lowest BCUT2D eigenvalue weighted by Crippen LogP contribution is -2.35. The molecular formula is C21H23NO. The molecule has 0 saturated carbocycles. The molecule has 1 fully saturated rings. The van der Waals surface area contributed by atoms with Crippen molar-refractivity contribution < 1.29 is 4.74 Å². The van der Waals surface area contributed by atoms with Crippen LogP contribution in [0.3, 0.4) is 0 Å². The van der Waals surface area contributed by atoms with E-state index < -0.39 is 0 Å². The predicted molar refractivity (Wildman–Crippen MR) is 95.3 cm³/mol. The summed E-state index contributed by atoms with van der Waals surface area (Å²) in [6.45, 7) is 2.25. The van der Waals surface area contributed by atoms with E-state index in [0.717, 1.165) is 25.9 Å². The number of fused-ring (bicyclic) bond motifs is 2. The number of piperidine rings is 1. The fourth-order valence-corrected chi connectivity index (χ4v) is 3.61. The number of benzene rings is 2. The number of ether oxygens (including phenoxy) is 1. The van der Waals surface area contributed by atoms with Crippen LogP contribution in [-0.2, 0) is 4.74 Å². The van der Waals surface area contributed by atoms with Crippen LogP contribution in [0.1, 0.15) is 41.2 Å². The minimum atomic E-state index is 0.0332. The second-order valence-electron chi connectivity index (χ2n) is 6.61. The first-order valence-corrected chi connectivity index (χ1v) is 8.51. The van der Waals surface area contributed by atoms with Gasteiger partial charge in [0.25, 0.3) is 0 Å². The van der Waals surface area contributed by atoms with Gasteiger partial charge in [0.05, 0.1) is 6.10 Å². The van der Waals surface area contributed by atoms with Gasteiger partial charge in [-0.05, 0) is 42.1 Å². The maximum Gasteiger partial charge on any atom is 0.109 e. The molecule has 0 radical (unpaired) electrons. The van der Waals surface area contributed by atoms with Crippen molar-refractivity contribution in [2.45, 2.75) is 25.0 Å². The number of nitrogens with zero attached hydrogens (tertiary/aromatic N) is 1. The molecule has 0 N–H and O–H groups in total. The molecular weight excluding hydrogens is 282 g/mol. The van der Waals surface area contributed by atoms with Crippen LogP contribution >= 0.6 is 0 Å². The molecule has 0 aromatic heterocycles. The molecule has 2 heteroatoms. The number of rotatable bonds is 2. The zero-order valence-electron chi connectivity index (χ0n) is 13.6. The highest BCUT2D eigenvalue weighted by molar-refractivity contribution is 5.76.